The van der Waals surface area contributed by atoms with Gasteiger partial charge < -0.3 is 5.11 Å². The van der Waals surface area contributed by atoms with E-state index in [0.717, 1.165) is 0 Å². The molecule has 0 radical (unpaired) electrons. The van der Waals surface area contributed by atoms with Crippen LogP contribution in [0.15, 0.2) is 24.5 Å². The van der Waals surface area contributed by atoms with Gasteiger partial charge in [-0.25, -0.2) is 14.5 Å². The predicted molar refractivity (Wildman–Crippen MR) is 58.1 cm³/mol. The third-order valence-corrected chi connectivity index (χ3v) is 2.39. The third-order valence-electron chi connectivity index (χ3n) is 2.17. The number of aromatic nitrogens is 3. The molecule has 2 aromatic heterocycles. The van der Waals surface area contributed by atoms with Crippen molar-refractivity contribution in [1.82, 2.24) is 14.8 Å². The molecule has 0 spiro atoms. The fourth-order valence-electron chi connectivity index (χ4n) is 1.34. The Labute approximate surface area is 96.3 Å². The van der Waals surface area contributed by atoms with E-state index in [-0.39, 0.29) is 5.56 Å². The molecular formula is C10H8ClN3O2. The third kappa shape index (κ3) is 1.77. The summed E-state index contributed by atoms with van der Waals surface area (Å²) in [4.78, 5) is 14.9. The second-order valence-electron chi connectivity index (χ2n) is 3.20. The normalized spacial score (nSPS) is 10.4. The number of pyridine rings is 1. The number of carboxylic acids is 1. The SMILES string of the molecule is Cc1c(C(=O)O)cnn1-c1ccc(Cl)cn1. The van der Waals surface area contributed by atoms with Crippen molar-refractivity contribution in [3.05, 3.63) is 40.8 Å². The van der Waals surface area contributed by atoms with Crippen LogP contribution < -0.4 is 0 Å². The molecule has 0 saturated heterocycles. The number of aromatic carboxylic acids is 1. The van der Waals surface area contributed by atoms with Crippen LogP contribution in [0.1, 0.15) is 16.1 Å². The maximum Gasteiger partial charge on any atom is 0.339 e. The Hall–Kier alpha value is -1.88. The molecule has 2 rings (SSSR count). The van der Waals surface area contributed by atoms with Crippen molar-refractivity contribution in [3.8, 4) is 5.82 Å². The van der Waals surface area contributed by atoms with Gasteiger partial charge in [-0.15, -0.1) is 0 Å². The average Bonchev–Trinajstić information content (AvgIpc) is 2.61. The quantitative estimate of drug-likeness (QED) is 0.867. The average molecular weight is 238 g/mol. The van der Waals surface area contributed by atoms with Crippen LogP contribution in [0.4, 0.5) is 0 Å². The zero-order valence-electron chi connectivity index (χ0n) is 8.38. The molecule has 0 saturated carbocycles. The van der Waals surface area contributed by atoms with Crippen molar-refractivity contribution >= 4 is 17.6 Å². The van der Waals surface area contributed by atoms with E-state index in [1.54, 1.807) is 19.1 Å². The van der Waals surface area contributed by atoms with Crippen LogP contribution in [0, 0.1) is 6.92 Å². The number of hydrogen-bond acceptors (Lipinski definition) is 3. The Balaban J connectivity index is 2.49. The molecule has 1 N–H and O–H groups in total. The highest BCUT2D eigenvalue weighted by molar-refractivity contribution is 6.30. The Morgan fingerprint density at radius 1 is 1.44 bits per heavy atom. The van der Waals surface area contributed by atoms with E-state index in [2.05, 4.69) is 10.1 Å². The van der Waals surface area contributed by atoms with Crippen molar-refractivity contribution < 1.29 is 9.90 Å². The first kappa shape index (κ1) is 10.6. The smallest absolute Gasteiger partial charge is 0.339 e. The number of halogens is 1. The summed E-state index contributed by atoms with van der Waals surface area (Å²) < 4.78 is 1.46. The highest BCUT2D eigenvalue weighted by Gasteiger charge is 2.14. The molecule has 0 fully saturated rings. The van der Waals surface area contributed by atoms with Gasteiger partial charge in [0, 0.05) is 6.20 Å². The monoisotopic (exact) mass is 237 g/mol. The summed E-state index contributed by atoms with van der Waals surface area (Å²) in [7, 11) is 0. The van der Waals surface area contributed by atoms with Crippen LogP contribution in [0.25, 0.3) is 5.82 Å². The van der Waals surface area contributed by atoms with Crippen LogP contribution in [-0.4, -0.2) is 25.8 Å². The Kier molecular flexibility index (Phi) is 2.62. The van der Waals surface area contributed by atoms with Gasteiger partial charge in [0.2, 0.25) is 0 Å². The van der Waals surface area contributed by atoms with E-state index in [0.29, 0.717) is 16.5 Å². The first-order chi connectivity index (χ1) is 7.59. The molecule has 0 amide bonds. The number of carboxylic acid groups (broad SMARTS) is 1. The van der Waals surface area contributed by atoms with E-state index >= 15 is 0 Å². The lowest BCUT2D eigenvalue weighted by molar-refractivity contribution is 0.0696. The van der Waals surface area contributed by atoms with Crippen molar-refractivity contribution in [3.63, 3.8) is 0 Å². The summed E-state index contributed by atoms with van der Waals surface area (Å²) in [6.45, 7) is 1.67. The van der Waals surface area contributed by atoms with Gasteiger partial charge in [0.25, 0.3) is 0 Å². The van der Waals surface area contributed by atoms with Crippen LogP contribution in [0.3, 0.4) is 0 Å². The van der Waals surface area contributed by atoms with Gasteiger partial charge in [-0.3, -0.25) is 0 Å². The van der Waals surface area contributed by atoms with Gasteiger partial charge in [0.1, 0.15) is 5.56 Å². The molecule has 2 aromatic rings. The number of nitrogens with zero attached hydrogens (tertiary/aromatic N) is 3. The molecule has 0 aliphatic carbocycles. The van der Waals surface area contributed by atoms with E-state index < -0.39 is 5.97 Å². The molecule has 0 atom stereocenters. The van der Waals surface area contributed by atoms with Crippen LogP contribution >= 0.6 is 11.6 Å². The van der Waals surface area contributed by atoms with Crippen LogP contribution in [0.2, 0.25) is 5.02 Å². The van der Waals surface area contributed by atoms with E-state index in [4.69, 9.17) is 16.7 Å². The molecule has 0 unspecified atom stereocenters. The Bertz CT molecular complexity index is 533. The molecule has 6 heteroatoms. The zero-order chi connectivity index (χ0) is 11.7. The molecule has 16 heavy (non-hydrogen) atoms. The second-order valence-corrected chi connectivity index (χ2v) is 3.63. The largest absolute Gasteiger partial charge is 0.478 e. The summed E-state index contributed by atoms with van der Waals surface area (Å²) in [5.41, 5.74) is 0.694. The van der Waals surface area contributed by atoms with Crippen LogP contribution in [-0.2, 0) is 0 Å². The van der Waals surface area contributed by atoms with Crippen LogP contribution in [0.5, 0.6) is 0 Å². The summed E-state index contributed by atoms with van der Waals surface area (Å²) in [5, 5.41) is 13.4. The summed E-state index contributed by atoms with van der Waals surface area (Å²) in [6.07, 6.45) is 2.78. The summed E-state index contributed by atoms with van der Waals surface area (Å²) in [6, 6.07) is 3.35. The van der Waals surface area contributed by atoms with E-state index in [1.165, 1.54) is 17.1 Å². The molecule has 0 aliphatic heterocycles. The minimum Gasteiger partial charge on any atom is -0.478 e. The fraction of sp³-hybridized carbons (Fsp3) is 0.100. The van der Waals surface area contributed by atoms with Crippen molar-refractivity contribution in [2.45, 2.75) is 6.92 Å². The standard InChI is InChI=1S/C10H8ClN3O2/c1-6-8(10(15)16)5-13-14(6)9-3-2-7(11)4-12-9/h2-5H,1H3,(H,15,16). The van der Waals surface area contributed by atoms with Gasteiger partial charge >= 0.3 is 5.97 Å². The minimum absolute atomic E-state index is 0.164. The number of hydrogen-bond donors (Lipinski definition) is 1. The lowest BCUT2D eigenvalue weighted by Crippen LogP contribution is -2.03. The van der Waals surface area contributed by atoms with E-state index in [9.17, 15) is 4.79 Å². The van der Waals surface area contributed by atoms with Crippen molar-refractivity contribution in [2.24, 2.45) is 0 Å². The molecule has 0 aromatic carbocycles. The number of carbonyl (C=O) groups is 1. The molecule has 0 bridgehead atoms. The lowest BCUT2D eigenvalue weighted by Gasteiger charge is -2.02. The van der Waals surface area contributed by atoms with Gasteiger partial charge in [-0.2, -0.15) is 5.10 Å². The zero-order valence-corrected chi connectivity index (χ0v) is 9.14. The first-order valence-corrected chi connectivity index (χ1v) is 4.87. The van der Waals surface area contributed by atoms with Crippen molar-refractivity contribution in [1.29, 1.82) is 0 Å². The molecule has 2 heterocycles. The lowest BCUT2D eigenvalue weighted by atomic mass is 10.3. The van der Waals surface area contributed by atoms with Gasteiger partial charge in [-0.05, 0) is 19.1 Å². The summed E-state index contributed by atoms with van der Waals surface area (Å²) >= 11 is 5.71. The molecular weight excluding hydrogens is 230 g/mol. The highest BCUT2D eigenvalue weighted by atomic mass is 35.5. The summed E-state index contributed by atoms with van der Waals surface area (Å²) in [5.74, 6) is -0.466. The predicted octanol–water partition coefficient (Wildman–Crippen LogP) is 1.93. The maximum atomic E-state index is 10.8. The van der Waals surface area contributed by atoms with Gasteiger partial charge in [0.05, 0.1) is 16.9 Å². The van der Waals surface area contributed by atoms with Gasteiger partial charge in [0.15, 0.2) is 5.82 Å². The topological polar surface area (TPSA) is 68.0 Å². The second kappa shape index (κ2) is 3.94. The molecule has 5 nitrogen and oxygen atoms in total. The first-order valence-electron chi connectivity index (χ1n) is 4.49. The minimum atomic E-state index is -1.00. The van der Waals surface area contributed by atoms with Crippen molar-refractivity contribution in [2.75, 3.05) is 0 Å². The Morgan fingerprint density at radius 3 is 2.69 bits per heavy atom. The van der Waals surface area contributed by atoms with Gasteiger partial charge in [-0.1, -0.05) is 11.6 Å². The molecule has 0 aliphatic rings. The molecule has 82 valence electrons. The fourth-order valence-corrected chi connectivity index (χ4v) is 1.46. The van der Waals surface area contributed by atoms with E-state index in [1.807, 2.05) is 0 Å². The maximum absolute atomic E-state index is 10.8. The Morgan fingerprint density at radius 2 is 2.19 bits per heavy atom. The highest BCUT2D eigenvalue weighted by Crippen LogP contribution is 2.14. The number of rotatable bonds is 2.